The van der Waals surface area contributed by atoms with Crippen molar-refractivity contribution in [2.75, 3.05) is 25.0 Å². The molecular formula is C25H31ClN4O2. The molecule has 1 saturated heterocycles. The summed E-state index contributed by atoms with van der Waals surface area (Å²) in [6.07, 6.45) is 1.68. The number of para-hydroxylation sites is 2. The van der Waals surface area contributed by atoms with Gasteiger partial charge in [0.05, 0.1) is 17.6 Å². The van der Waals surface area contributed by atoms with E-state index in [0.717, 1.165) is 47.0 Å². The fourth-order valence-corrected chi connectivity index (χ4v) is 4.45. The van der Waals surface area contributed by atoms with Gasteiger partial charge in [0.25, 0.3) is 0 Å². The molecule has 7 heteroatoms. The molecule has 170 valence electrons. The van der Waals surface area contributed by atoms with Crippen molar-refractivity contribution >= 4 is 34.7 Å². The largest absolute Gasteiger partial charge is 0.444 e. The topological polar surface area (TPSA) is 50.6 Å². The molecule has 2 heterocycles. The van der Waals surface area contributed by atoms with E-state index in [0.29, 0.717) is 13.1 Å². The fourth-order valence-electron chi connectivity index (χ4n) is 4.23. The molecule has 32 heavy (non-hydrogen) atoms. The molecule has 4 rings (SSSR count). The van der Waals surface area contributed by atoms with E-state index < -0.39 is 5.60 Å². The number of likely N-dealkylation sites (tertiary alicyclic amines) is 1. The second kappa shape index (κ2) is 9.02. The molecule has 0 saturated carbocycles. The molecule has 1 aliphatic heterocycles. The maximum absolute atomic E-state index is 12.7. The van der Waals surface area contributed by atoms with E-state index in [2.05, 4.69) is 28.6 Å². The number of carbonyl (C=O) groups is 1. The monoisotopic (exact) mass is 454 g/mol. The van der Waals surface area contributed by atoms with Crippen molar-refractivity contribution in [1.82, 2.24) is 14.5 Å². The minimum Gasteiger partial charge on any atom is -0.444 e. The van der Waals surface area contributed by atoms with Crippen molar-refractivity contribution in [3.8, 4) is 0 Å². The lowest BCUT2D eigenvalue weighted by Crippen LogP contribution is -2.50. The zero-order valence-corrected chi connectivity index (χ0v) is 20.0. The molecular weight excluding hydrogens is 424 g/mol. The van der Waals surface area contributed by atoms with Crippen LogP contribution in [-0.4, -0.2) is 52.3 Å². The van der Waals surface area contributed by atoms with E-state index in [4.69, 9.17) is 21.3 Å². The first-order valence-electron chi connectivity index (χ1n) is 11.1. The van der Waals surface area contributed by atoms with Gasteiger partial charge in [0.15, 0.2) is 0 Å². The standard InChI is InChI=1S/C25H31ClN4O2/c1-25(2,3)32-24(31)29-14-8-11-20(17-29)28(4)23-27-21-12-5-6-13-22(21)30(23)16-18-9-7-10-19(26)15-18/h5-7,9-10,12-13,15,20H,8,11,14,16-17H2,1-4H3. The van der Waals surface area contributed by atoms with Crippen LogP contribution in [0, 0.1) is 0 Å². The van der Waals surface area contributed by atoms with Crippen LogP contribution in [0.5, 0.6) is 0 Å². The van der Waals surface area contributed by atoms with Crippen LogP contribution in [0.25, 0.3) is 11.0 Å². The van der Waals surface area contributed by atoms with Gasteiger partial charge in [-0.05, 0) is 63.4 Å². The molecule has 1 unspecified atom stereocenters. The normalized spacial score (nSPS) is 16.9. The number of amides is 1. The first-order valence-corrected chi connectivity index (χ1v) is 11.5. The molecule has 1 amide bonds. The minimum atomic E-state index is -0.499. The van der Waals surface area contributed by atoms with Crippen molar-refractivity contribution < 1.29 is 9.53 Å². The number of aromatic nitrogens is 2. The number of benzene rings is 2. The lowest BCUT2D eigenvalue weighted by atomic mass is 10.1. The Morgan fingerprint density at radius 3 is 2.75 bits per heavy atom. The lowest BCUT2D eigenvalue weighted by Gasteiger charge is -2.38. The van der Waals surface area contributed by atoms with Crippen molar-refractivity contribution in [1.29, 1.82) is 0 Å². The highest BCUT2D eigenvalue weighted by molar-refractivity contribution is 6.30. The highest BCUT2D eigenvalue weighted by atomic mass is 35.5. The molecule has 3 aromatic rings. The number of likely N-dealkylation sites (N-methyl/N-ethyl adjacent to an activating group) is 1. The van der Waals surface area contributed by atoms with Gasteiger partial charge < -0.3 is 19.1 Å². The molecule has 1 aromatic heterocycles. The van der Waals surface area contributed by atoms with Crippen LogP contribution in [0.15, 0.2) is 48.5 Å². The average Bonchev–Trinajstić information content (AvgIpc) is 3.10. The maximum Gasteiger partial charge on any atom is 0.410 e. The Hall–Kier alpha value is -2.73. The Morgan fingerprint density at radius 1 is 1.22 bits per heavy atom. The van der Waals surface area contributed by atoms with Crippen LogP contribution in [0.3, 0.4) is 0 Å². The van der Waals surface area contributed by atoms with Gasteiger partial charge in [-0.25, -0.2) is 9.78 Å². The Morgan fingerprint density at radius 2 is 2.00 bits per heavy atom. The quantitative estimate of drug-likeness (QED) is 0.516. The second-order valence-corrected chi connectivity index (χ2v) is 9.89. The van der Waals surface area contributed by atoms with E-state index in [1.54, 1.807) is 0 Å². The molecule has 2 aromatic carbocycles. The van der Waals surface area contributed by atoms with E-state index >= 15 is 0 Å². The number of halogens is 1. The number of carbonyl (C=O) groups excluding carboxylic acids is 1. The van der Waals surface area contributed by atoms with E-state index in [1.807, 2.05) is 62.1 Å². The third-order valence-electron chi connectivity index (χ3n) is 5.78. The van der Waals surface area contributed by atoms with Gasteiger partial charge in [0, 0.05) is 31.2 Å². The van der Waals surface area contributed by atoms with Crippen molar-refractivity contribution in [3.05, 3.63) is 59.1 Å². The van der Waals surface area contributed by atoms with Crippen LogP contribution >= 0.6 is 11.6 Å². The summed E-state index contributed by atoms with van der Waals surface area (Å²) in [6.45, 7) is 7.71. The Balaban J connectivity index is 1.61. The summed E-state index contributed by atoms with van der Waals surface area (Å²) >= 11 is 6.23. The fraction of sp³-hybridized carbons (Fsp3) is 0.440. The Bertz CT molecular complexity index is 1100. The number of ether oxygens (including phenoxy) is 1. The summed E-state index contributed by atoms with van der Waals surface area (Å²) in [4.78, 5) is 21.6. The van der Waals surface area contributed by atoms with Crippen LogP contribution < -0.4 is 4.90 Å². The molecule has 0 spiro atoms. The van der Waals surface area contributed by atoms with E-state index in [-0.39, 0.29) is 12.1 Å². The SMILES string of the molecule is CN(c1nc2ccccc2n1Cc1cccc(Cl)c1)C1CCCN(C(=O)OC(C)(C)C)C1. The van der Waals surface area contributed by atoms with Gasteiger partial charge in [-0.3, -0.25) is 0 Å². The second-order valence-electron chi connectivity index (χ2n) is 9.45. The summed E-state index contributed by atoms with van der Waals surface area (Å²) < 4.78 is 7.84. The van der Waals surface area contributed by atoms with Crippen LogP contribution in [0.4, 0.5) is 10.7 Å². The Kier molecular flexibility index (Phi) is 6.33. The number of nitrogens with zero attached hydrogens (tertiary/aromatic N) is 4. The smallest absolute Gasteiger partial charge is 0.410 e. The maximum atomic E-state index is 12.7. The number of hydrogen-bond acceptors (Lipinski definition) is 4. The number of rotatable bonds is 4. The molecule has 1 atom stereocenters. The Labute approximate surface area is 194 Å². The zero-order valence-electron chi connectivity index (χ0n) is 19.2. The predicted octanol–water partition coefficient (Wildman–Crippen LogP) is 5.57. The minimum absolute atomic E-state index is 0.159. The van der Waals surface area contributed by atoms with E-state index in [1.165, 1.54) is 0 Å². The summed E-state index contributed by atoms with van der Waals surface area (Å²) in [5, 5.41) is 0.724. The molecule has 1 aliphatic rings. The summed E-state index contributed by atoms with van der Waals surface area (Å²) in [5.41, 5.74) is 2.65. The van der Waals surface area contributed by atoms with Crippen molar-refractivity contribution in [2.45, 2.75) is 51.8 Å². The molecule has 0 bridgehead atoms. The highest BCUT2D eigenvalue weighted by Gasteiger charge is 2.31. The molecule has 6 nitrogen and oxygen atoms in total. The lowest BCUT2D eigenvalue weighted by molar-refractivity contribution is 0.0199. The number of hydrogen-bond donors (Lipinski definition) is 0. The average molecular weight is 455 g/mol. The third-order valence-corrected chi connectivity index (χ3v) is 6.01. The number of imidazole rings is 1. The van der Waals surface area contributed by atoms with Gasteiger partial charge >= 0.3 is 6.09 Å². The summed E-state index contributed by atoms with van der Waals surface area (Å²) in [7, 11) is 2.07. The van der Waals surface area contributed by atoms with Gasteiger partial charge in [-0.2, -0.15) is 0 Å². The first-order chi connectivity index (χ1) is 15.2. The van der Waals surface area contributed by atoms with Gasteiger partial charge in [0.2, 0.25) is 5.95 Å². The third kappa shape index (κ3) is 5.01. The van der Waals surface area contributed by atoms with Gasteiger partial charge in [-0.1, -0.05) is 35.9 Å². The molecule has 0 aliphatic carbocycles. The van der Waals surface area contributed by atoms with Crippen molar-refractivity contribution in [3.63, 3.8) is 0 Å². The predicted molar refractivity (Wildman–Crippen MR) is 130 cm³/mol. The molecule has 0 radical (unpaired) electrons. The van der Waals surface area contributed by atoms with Gasteiger partial charge in [-0.15, -0.1) is 0 Å². The van der Waals surface area contributed by atoms with Crippen LogP contribution in [0.2, 0.25) is 5.02 Å². The van der Waals surface area contributed by atoms with Crippen LogP contribution in [-0.2, 0) is 11.3 Å². The van der Waals surface area contributed by atoms with Crippen LogP contribution in [0.1, 0.15) is 39.2 Å². The highest BCUT2D eigenvalue weighted by Crippen LogP contribution is 2.28. The summed E-state index contributed by atoms with van der Waals surface area (Å²) in [5.74, 6) is 0.891. The molecule has 0 N–H and O–H groups in total. The van der Waals surface area contributed by atoms with E-state index in [9.17, 15) is 4.79 Å². The molecule has 1 fully saturated rings. The number of fused-ring (bicyclic) bond motifs is 1. The first kappa shape index (κ1) is 22.5. The summed E-state index contributed by atoms with van der Waals surface area (Å²) in [6, 6.07) is 16.3. The number of piperidine rings is 1. The van der Waals surface area contributed by atoms with Crippen molar-refractivity contribution in [2.24, 2.45) is 0 Å². The zero-order chi connectivity index (χ0) is 22.9. The number of anilines is 1. The van der Waals surface area contributed by atoms with Gasteiger partial charge in [0.1, 0.15) is 5.60 Å².